The number of phenols is 1. The van der Waals surface area contributed by atoms with Gasteiger partial charge in [-0.25, -0.2) is 13.4 Å². The lowest BCUT2D eigenvalue weighted by Crippen LogP contribution is -2.08. The van der Waals surface area contributed by atoms with E-state index in [1.165, 1.54) is 18.2 Å². The molecular weight excluding hydrogens is 352 g/mol. The number of para-hydroxylation sites is 3. The van der Waals surface area contributed by atoms with Crippen LogP contribution in [0.25, 0.3) is 16.7 Å². The maximum atomic E-state index is 12.9. The number of sulfone groups is 1. The van der Waals surface area contributed by atoms with Crippen LogP contribution in [0.1, 0.15) is 15.9 Å². The first-order valence-corrected chi connectivity index (χ1v) is 9.69. The first-order chi connectivity index (χ1) is 12.4. The first-order valence-electron chi connectivity index (χ1n) is 7.80. The van der Waals surface area contributed by atoms with Gasteiger partial charge in [0.15, 0.2) is 21.3 Å². The van der Waals surface area contributed by atoms with Gasteiger partial charge in [-0.1, -0.05) is 24.3 Å². The minimum atomic E-state index is -3.62. The summed E-state index contributed by atoms with van der Waals surface area (Å²) in [6.07, 6.45) is 2.63. The number of imidazole rings is 1. The highest BCUT2D eigenvalue weighted by Gasteiger charge is 2.21. The van der Waals surface area contributed by atoms with Crippen molar-refractivity contribution >= 4 is 32.3 Å². The van der Waals surface area contributed by atoms with Gasteiger partial charge in [0.2, 0.25) is 0 Å². The van der Waals surface area contributed by atoms with E-state index in [9.17, 15) is 18.3 Å². The number of nitrogens with zero attached hydrogens (tertiary/aromatic N) is 2. The van der Waals surface area contributed by atoms with Gasteiger partial charge in [-0.2, -0.15) is 0 Å². The van der Waals surface area contributed by atoms with Crippen LogP contribution in [0.4, 0.5) is 0 Å². The van der Waals surface area contributed by atoms with E-state index < -0.39 is 15.6 Å². The second-order valence-corrected chi connectivity index (χ2v) is 7.99. The van der Waals surface area contributed by atoms with Crippen molar-refractivity contribution in [3.8, 4) is 5.75 Å². The smallest absolute Gasteiger partial charge is 0.198 e. The van der Waals surface area contributed by atoms with Gasteiger partial charge in [-0.15, -0.1) is 0 Å². The van der Waals surface area contributed by atoms with Gasteiger partial charge < -0.3 is 5.11 Å². The quantitative estimate of drug-likeness (QED) is 0.563. The predicted octanol–water partition coefficient (Wildman–Crippen LogP) is 2.83. The summed E-state index contributed by atoms with van der Waals surface area (Å²) in [5, 5.41) is 9.96. The number of carbonyl (C=O) groups excluding carboxylic acids is 1. The molecule has 0 bridgehead atoms. The van der Waals surface area contributed by atoms with Gasteiger partial charge in [-0.3, -0.25) is 9.20 Å². The molecule has 0 saturated carbocycles. The maximum Gasteiger partial charge on any atom is 0.198 e. The fraction of sp³-hybridized carbons (Fsp3) is 0.0526. The number of hydrogen-bond acceptors (Lipinski definition) is 5. The van der Waals surface area contributed by atoms with Gasteiger partial charge >= 0.3 is 0 Å². The Morgan fingerprint density at radius 2 is 1.77 bits per heavy atom. The van der Waals surface area contributed by atoms with Crippen molar-refractivity contribution in [2.75, 3.05) is 6.26 Å². The topological polar surface area (TPSA) is 88.7 Å². The van der Waals surface area contributed by atoms with Crippen LogP contribution in [0.5, 0.6) is 5.75 Å². The second kappa shape index (κ2) is 5.67. The molecule has 0 aliphatic carbocycles. The highest BCUT2D eigenvalue weighted by molar-refractivity contribution is 7.91. The first kappa shape index (κ1) is 16.3. The van der Waals surface area contributed by atoms with E-state index in [2.05, 4.69) is 4.98 Å². The molecule has 6 nitrogen and oxygen atoms in total. The van der Waals surface area contributed by atoms with Crippen molar-refractivity contribution in [1.82, 2.24) is 9.38 Å². The molecule has 26 heavy (non-hydrogen) atoms. The van der Waals surface area contributed by atoms with Gasteiger partial charge in [0.05, 0.1) is 16.6 Å². The monoisotopic (exact) mass is 366 g/mol. The van der Waals surface area contributed by atoms with Crippen LogP contribution in [0.3, 0.4) is 0 Å². The van der Waals surface area contributed by atoms with Crippen LogP contribution >= 0.6 is 0 Å². The minimum Gasteiger partial charge on any atom is -0.507 e. The van der Waals surface area contributed by atoms with Crippen LogP contribution < -0.4 is 0 Å². The molecule has 0 aliphatic heterocycles. The van der Waals surface area contributed by atoms with E-state index in [-0.39, 0.29) is 27.4 Å². The van der Waals surface area contributed by atoms with Crippen molar-refractivity contribution in [2.24, 2.45) is 0 Å². The summed E-state index contributed by atoms with van der Waals surface area (Å²) < 4.78 is 26.2. The number of rotatable bonds is 3. The molecule has 2 aromatic heterocycles. The summed E-state index contributed by atoms with van der Waals surface area (Å²) in [7, 11) is -3.62. The molecule has 0 saturated heterocycles. The zero-order valence-corrected chi connectivity index (χ0v) is 14.6. The number of fused-ring (bicyclic) bond motifs is 3. The Morgan fingerprint density at radius 1 is 1.08 bits per heavy atom. The highest BCUT2D eigenvalue weighted by Crippen LogP contribution is 2.26. The summed E-state index contributed by atoms with van der Waals surface area (Å²) in [5.41, 5.74) is 1.85. The molecule has 1 N–H and O–H groups in total. The standard InChI is InChI=1S/C19H14N2O4S/c1-26(24,25)17-10-12(18(23)13-6-2-5-9-16(13)22)11-21-15-8-4-3-7-14(15)20-19(17)21/h2-11,22H,1H3. The molecule has 0 unspecified atom stereocenters. The lowest BCUT2D eigenvalue weighted by Gasteiger charge is -2.08. The van der Waals surface area contributed by atoms with Gasteiger partial charge in [-0.05, 0) is 30.3 Å². The van der Waals surface area contributed by atoms with Gasteiger partial charge in [0.25, 0.3) is 0 Å². The lowest BCUT2D eigenvalue weighted by molar-refractivity contribution is 0.103. The van der Waals surface area contributed by atoms with E-state index in [1.54, 1.807) is 34.9 Å². The fourth-order valence-corrected chi connectivity index (χ4v) is 3.77. The Labute approximate surface area is 149 Å². The number of ketones is 1. The van der Waals surface area contributed by atoms with E-state index >= 15 is 0 Å². The molecule has 7 heteroatoms. The Balaban J connectivity index is 2.07. The SMILES string of the molecule is CS(=O)(=O)c1cc(C(=O)c2ccccc2O)cn2c1nc1ccccc12. The number of pyridine rings is 1. The largest absolute Gasteiger partial charge is 0.507 e. The third-order valence-electron chi connectivity index (χ3n) is 4.18. The van der Waals surface area contributed by atoms with Crippen LogP contribution in [-0.2, 0) is 9.84 Å². The number of aromatic hydroxyl groups is 1. The summed E-state index contributed by atoms with van der Waals surface area (Å²) in [4.78, 5) is 17.2. The van der Waals surface area contributed by atoms with E-state index in [4.69, 9.17) is 0 Å². The summed E-state index contributed by atoms with van der Waals surface area (Å²) >= 11 is 0. The molecule has 0 spiro atoms. The van der Waals surface area contributed by atoms with E-state index in [1.807, 2.05) is 12.1 Å². The van der Waals surface area contributed by atoms with Crippen molar-refractivity contribution < 1.29 is 18.3 Å². The Bertz CT molecular complexity index is 1290. The number of hydrogen-bond donors (Lipinski definition) is 1. The normalized spacial score (nSPS) is 11.9. The summed E-state index contributed by atoms with van der Waals surface area (Å²) in [5.74, 6) is -0.623. The third kappa shape index (κ3) is 2.53. The molecule has 0 radical (unpaired) electrons. The molecule has 0 atom stereocenters. The summed E-state index contributed by atoms with van der Waals surface area (Å²) in [6, 6.07) is 14.7. The van der Waals surface area contributed by atoms with Crippen LogP contribution in [-0.4, -0.2) is 34.9 Å². The number of phenolic OH excluding ortho intramolecular Hbond substituents is 1. The molecule has 0 aliphatic rings. The zero-order chi connectivity index (χ0) is 18.5. The van der Waals surface area contributed by atoms with Crippen molar-refractivity contribution in [2.45, 2.75) is 4.90 Å². The number of aromatic nitrogens is 2. The molecular formula is C19H14N2O4S. The van der Waals surface area contributed by atoms with Gasteiger partial charge in [0.1, 0.15) is 10.6 Å². The van der Waals surface area contributed by atoms with Gasteiger partial charge in [0, 0.05) is 18.0 Å². The Kier molecular flexibility index (Phi) is 3.55. The fourth-order valence-electron chi connectivity index (χ4n) is 2.95. The van der Waals surface area contributed by atoms with Crippen molar-refractivity contribution in [3.05, 3.63) is 71.9 Å². The maximum absolute atomic E-state index is 12.9. The molecule has 0 fully saturated rings. The molecule has 4 rings (SSSR count). The molecule has 130 valence electrons. The van der Waals surface area contributed by atoms with Crippen LogP contribution in [0, 0.1) is 0 Å². The van der Waals surface area contributed by atoms with E-state index in [0.717, 1.165) is 6.26 Å². The zero-order valence-electron chi connectivity index (χ0n) is 13.7. The molecule has 2 heterocycles. The van der Waals surface area contributed by atoms with E-state index in [0.29, 0.717) is 11.0 Å². The van der Waals surface area contributed by atoms with Crippen molar-refractivity contribution in [3.63, 3.8) is 0 Å². The average Bonchev–Trinajstić information content (AvgIpc) is 2.98. The third-order valence-corrected chi connectivity index (χ3v) is 5.28. The average molecular weight is 366 g/mol. The lowest BCUT2D eigenvalue weighted by atomic mass is 10.0. The second-order valence-electron chi connectivity index (χ2n) is 6.01. The Hall–Kier alpha value is -3.19. The number of carbonyl (C=O) groups is 1. The molecule has 4 aromatic rings. The number of benzene rings is 2. The van der Waals surface area contributed by atoms with Crippen LogP contribution in [0.2, 0.25) is 0 Å². The minimum absolute atomic E-state index is 0.0324. The van der Waals surface area contributed by atoms with Crippen LogP contribution in [0.15, 0.2) is 65.7 Å². The predicted molar refractivity (Wildman–Crippen MR) is 97.3 cm³/mol. The molecule has 0 amide bonds. The Morgan fingerprint density at radius 3 is 2.50 bits per heavy atom. The van der Waals surface area contributed by atoms with Crippen molar-refractivity contribution in [1.29, 1.82) is 0 Å². The molecule has 2 aromatic carbocycles. The highest BCUT2D eigenvalue weighted by atomic mass is 32.2. The summed E-state index contributed by atoms with van der Waals surface area (Å²) in [6.45, 7) is 0.